The van der Waals surface area contributed by atoms with Crippen LogP contribution in [0.5, 0.6) is 5.75 Å². The van der Waals surface area contributed by atoms with Crippen molar-refractivity contribution in [2.45, 2.75) is 19.1 Å². The summed E-state index contributed by atoms with van der Waals surface area (Å²) in [6, 6.07) is 6.71. The Bertz CT molecular complexity index is 722. The molecule has 3 rings (SSSR count). The van der Waals surface area contributed by atoms with Crippen LogP contribution in [0.4, 0.5) is 13.6 Å². The smallest absolute Gasteiger partial charge is 0.318 e. The lowest BCUT2D eigenvalue weighted by molar-refractivity contribution is 0.0442. The number of hydrogen-bond donors (Lipinski definition) is 1. The number of aromatic nitrogens is 2. The third-order valence-electron chi connectivity index (χ3n) is 3.34. The first-order valence-electron chi connectivity index (χ1n) is 7.07. The standard InChI is InChI=1S/C14H13ClF2N4O3/c15-9-3-1-2-4-10(9)23-8-6-21(7-8)14(22)18-5-11-19-13(12(16)17)20-24-11/h1-4,8,12H,5-7H2,(H,18,22). The zero-order chi connectivity index (χ0) is 17.1. The van der Waals surface area contributed by atoms with E-state index in [4.69, 9.17) is 16.3 Å². The molecule has 1 saturated heterocycles. The third-order valence-corrected chi connectivity index (χ3v) is 3.65. The minimum Gasteiger partial charge on any atom is -0.485 e. The van der Waals surface area contributed by atoms with Gasteiger partial charge in [-0.2, -0.15) is 4.98 Å². The molecule has 2 amide bonds. The summed E-state index contributed by atoms with van der Waals surface area (Å²) in [7, 11) is 0. The van der Waals surface area contributed by atoms with E-state index in [2.05, 4.69) is 20.0 Å². The minimum absolute atomic E-state index is 0.0805. The summed E-state index contributed by atoms with van der Waals surface area (Å²) in [5.74, 6) is -0.214. The Kier molecular flexibility index (Phi) is 4.79. The molecule has 2 aromatic rings. The van der Waals surface area contributed by atoms with Crippen molar-refractivity contribution in [1.29, 1.82) is 0 Å². The molecule has 128 valence electrons. The van der Waals surface area contributed by atoms with Crippen molar-refractivity contribution < 1.29 is 22.8 Å². The molecule has 0 saturated carbocycles. The van der Waals surface area contributed by atoms with Crippen LogP contribution in [0.25, 0.3) is 0 Å². The number of carbonyl (C=O) groups is 1. The van der Waals surface area contributed by atoms with Gasteiger partial charge in [0, 0.05) is 0 Å². The van der Waals surface area contributed by atoms with Gasteiger partial charge in [-0.25, -0.2) is 13.6 Å². The number of halogens is 3. The first-order chi connectivity index (χ1) is 11.5. The first kappa shape index (κ1) is 16.4. The molecule has 0 unspecified atom stereocenters. The highest BCUT2D eigenvalue weighted by Gasteiger charge is 2.32. The number of urea groups is 1. The highest BCUT2D eigenvalue weighted by Crippen LogP contribution is 2.26. The molecule has 0 spiro atoms. The topological polar surface area (TPSA) is 80.5 Å². The highest BCUT2D eigenvalue weighted by molar-refractivity contribution is 6.32. The van der Waals surface area contributed by atoms with E-state index in [1.807, 2.05) is 6.07 Å². The Morgan fingerprint density at radius 2 is 2.21 bits per heavy atom. The largest absolute Gasteiger partial charge is 0.485 e. The van der Waals surface area contributed by atoms with Crippen LogP contribution in [-0.4, -0.2) is 40.3 Å². The maximum Gasteiger partial charge on any atom is 0.318 e. The molecule has 1 aromatic heterocycles. The van der Waals surface area contributed by atoms with E-state index in [0.717, 1.165) is 0 Å². The number of rotatable bonds is 5. The highest BCUT2D eigenvalue weighted by atomic mass is 35.5. The van der Waals surface area contributed by atoms with Gasteiger partial charge >= 0.3 is 12.5 Å². The Labute approximate surface area is 140 Å². The minimum atomic E-state index is -2.81. The second-order valence-corrected chi connectivity index (χ2v) is 5.49. The molecule has 2 heterocycles. The van der Waals surface area contributed by atoms with E-state index in [1.54, 1.807) is 18.2 Å². The molecule has 7 nitrogen and oxygen atoms in total. The number of para-hydroxylation sites is 1. The summed E-state index contributed by atoms with van der Waals surface area (Å²) in [6.07, 6.45) is -2.96. The molecule has 0 atom stereocenters. The fourth-order valence-corrected chi connectivity index (χ4v) is 2.27. The van der Waals surface area contributed by atoms with Crippen molar-refractivity contribution in [3.05, 3.63) is 41.0 Å². The average molecular weight is 359 g/mol. The van der Waals surface area contributed by atoms with Gasteiger partial charge in [0.1, 0.15) is 11.9 Å². The van der Waals surface area contributed by atoms with Crippen molar-refractivity contribution >= 4 is 17.6 Å². The number of hydrogen-bond acceptors (Lipinski definition) is 5. The Hall–Kier alpha value is -2.42. The molecule has 1 fully saturated rings. The van der Waals surface area contributed by atoms with E-state index >= 15 is 0 Å². The van der Waals surface area contributed by atoms with Crippen LogP contribution in [-0.2, 0) is 6.54 Å². The number of nitrogens with one attached hydrogen (secondary N) is 1. The molecule has 24 heavy (non-hydrogen) atoms. The van der Waals surface area contributed by atoms with Crippen LogP contribution < -0.4 is 10.1 Å². The number of alkyl halides is 2. The Morgan fingerprint density at radius 1 is 1.46 bits per heavy atom. The number of nitrogens with zero attached hydrogens (tertiary/aromatic N) is 3. The maximum absolute atomic E-state index is 12.3. The zero-order valence-electron chi connectivity index (χ0n) is 12.3. The zero-order valence-corrected chi connectivity index (χ0v) is 13.0. The molecule has 1 aliphatic heterocycles. The summed E-state index contributed by atoms with van der Waals surface area (Å²) in [5.41, 5.74) is 0. The monoisotopic (exact) mass is 358 g/mol. The SMILES string of the molecule is O=C(NCc1nc(C(F)F)no1)N1CC(Oc2ccccc2Cl)C1. The lowest BCUT2D eigenvalue weighted by Gasteiger charge is -2.38. The fourth-order valence-electron chi connectivity index (χ4n) is 2.09. The second-order valence-electron chi connectivity index (χ2n) is 5.08. The maximum atomic E-state index is 12.3. The summed E-state index contributed by atoms with van der Waals surface area (Å²) in [6.45, 7) is 0.664. The van der Waals surface area contributed by atoms with Gasteiger partial charge in [-0.05, 0) is 12.1 Å². The number of likely N-dealkylation sites (tertiary alicyclic amines) is 1. The average Bonchev–Trinajstić information content (AvgIpc) is 2.99. The molecule has 0 aliphatic carbocycles. The van der Waals surface area contributed by atoms with Crippen LogP contribution in [0.15, 0.2) is 28.8 Å². The van der Waals surface area contributed by atoms with Gasteiger partial charge in [0.2, 0.25) is 11.7 Å². The van der Waals surface area contributed by atoms with Gasteiger partial charge < -0.3 is 19.5 Å². The van der Waals surface area contributed by atoms with Crippen molar-refractivity contribution in [1.82, 2.24) is 20.4 Å². The van der Waals surface area contributed by atoms with Gasteiger partial charge in [0.25, 0.3) is 0 Å². The van der Waals surface area contributed by atoms with Gasteiger partial charge in [0.05, 0.1) is 24.7 Å². The van der Waals surface area contributed by atoms with E-state index in [1.165, 1.54) is 4.90 Å². The fraction of sp³-hybridized carbons (Fsp3) is 0.357. The number of benzene rings is 1. The molecule has 1 N–H and O–H groups in total. The van der Waals surface area contributed by atoms with Gasteiger partial charge in [0.15, 0.2) is 0 Å². The van der Waals surface area contributed by atoms with Crippen molar-refractivity contribution in [2.24, 2.45) is 0 Å². The van der Waals surface area contributed by atoms with Crippen molar-refractivity contribution in [2.75, 3.05) is 13.1 Å². The second kappa shape index (κ2) is 7.00. The van der Waals surface area contributed by atoms with Gasteiger partial charge in [-0.3, -0.25) is 0 Å². The molecule has 0 bridgehead atoms. The van der Waals surface area contributed by atoms with Crippen molar-refractivity contribution in [3.63, 3.8) is 0 Å². The Balaban J connectivity index is 1.42. The summed E-state index contributed by atoms with van der Waals surface area (Å²) < 4.78 is 34.9. The van der Waals surface area contributed by atoms with E-state index in [9.17, 15) is 13.6 Å². The number of ether oxygens (including phenoxy) is 1. The van der Waals surface area contributed by atoms with E-state index in [0.29, 0.717) is 23.9 Å². The van der Waals surface area contributed by atoms with Crippen LogP contribution in [0.3, 0.4) is 0 Å². The van der Waals surface area contributed by atoms with Gasteiger partial charge in [-0.15, -0.1) is 0 Å². The normalized spacial score (nSPS) is 14.6. The Morgan fingerprint density at radius 3 is 2.88 bits per heavy atom. The first-order valence-corrected chi connectivity index (χ1v) is 7.45. The van der Waals surface area contributed by atoms with E-state index in [-0.39, 0.29) is 24.6 Å². The van der Waals surface area contributed by atoms with Crippen LogP contribution >= 0.6 is 11.6 Å². The third kappa shape index (κ3) is 3.73. The van der Waals surface area contributed by atoms with Crippen LogP contribution in [0.2, 0.25) is 5.02 Å². The lowest BCUT2D eigenvalue weighted by atomic mass is 10.2. The molecule has 10 heteroatoms. The summed E-state index contributed by atoms with van der Waals surface area (Å²) in [5, 5.41) is 6.13. The van der Waals surface area contributed by atoms with Gasteiger partial charge in [-0.1, -0.05) is 28.9 Å². The van der Waals surface area contributed by atoms with Crippen molar-refractivity contribution in [3.8, 4) is 5.75 Å². The van der Waals surface area contributed by atoms with Crippen LogP contribution in [0.1, 0.15) is 18.1 Å². The molecular weight excluding hydrogens is 346 g/mol. The molecule has 1 aliphatic rings. The molecule has 1 aromatic carbocycles. The number of carbonyl (C=O) groups excluding carboxylic acids is 1. The quantitative estimate of drug-likeness (QED) is 0.888. The van der Waals surface area contributed by atoms with Crippen LogP contribution in [0, 0.1) is 0 Å². The number of amides is 2. The summed E-state index contributed by atoms with van der Waals surface area (Å²) in [4.78, 5) is 16.9. The van der Waals surface area contributed by atoms with E-state index < -0.39 is 12.2 Å². The summed E-state index contributed by atoms with van der Waals surface area (Å²) >= 11 is 6.00. The lowest BCUT2D eigenvalue weighted by Crippen LogP contribution is -2.58. The predicted molar refractivity (Wildman–Crippen MR) is 78.9 cm³/mol. The molecular formula is C14H13ClF2N4O3. The molecule has 0 radical (unpaired) electrons. The predicted octanol–water partition coefficient (Wildman–Crippen LogP) is 2.63.